The van der Waals surface area contributed by atoms with Gasteiger partial charge in [0, 0.05) is 6.92 Å². The third-order valence-electron chi connectivity index (χ3n) is 12.0. The summed E-state index contributed by atoms with van der Waals surface area (Å²) >= 11 is 0. The molecule has 2 heterocycles. The number of esters is 1. The first-order valence-corrected chi connectivity index (χ1v) is 21.1. The standard InChI is InChI=1S/C40H69NO15/c1-5-7-8-9-10-14-17-51-38(50)26-19-25(6-2)35(56-40-34(47)33(46)31(44)22(3)52-40)27(20-26)54-39-30(41-23(4)43)36(32(45)29(21-42)55-39)53-28(37(48)49)18-24-15-12-11-13-16-24/h22,24-36,39-40,42,44-47H,5-21H2,1-4H3,(H,41,43)(H,48,49)/t22?,25?,26?,27-,28+,29-,30-,31?,32+,33?,34?,35-,36-,39-,40?/m1/s1. The van der Waals surface area contributed by atoms with Crippen LogP contribution < -0.4 is 5.32 Å². The average molecular weight is 804 g/mol. The summed E-state index contributed by atoms with van der Waals surface area (Å²) in [5.74, 6) is -3.11. The molecule has 2 saturated carbocycles. The molecule has 16 nitrogen and oxygen atoms in total. The first-order valence-electron chi connectivity index (χ1n) is 21.1. The van der Waals surface area contributed by atoms with Gasteiger partial charge in [-0.1, -0.05) is 84.5 Å². The molecule has 7 unspecified atom stereocenters. The molecule has 2 aliphatic carbocycles. The fourth-order valence-electron chi connectivity index (χ4n) is 8.73. The van der Waals surface area contributed by atoms with Crippen LogP contribution >= 0.6 is 0 Å². The van der Waals surface area contributed by atoms with Crippen LogP contribution in [-0.4, -0.2) is 141 Å². The topological polar surface area (TPSA) is 240 Å². The molecule has 56 heavy (non-hydrogen) atoms. The lowest BCUT2D eigenvalue weighted by Gasteiger charge is -2.49. The Morgan fingerprint density at radius 2 is 1.52 bits per heavy atom. The van der Waals surface area contributed by atoms with Crippen molar-refractivity contribution in [2.45, 2.75) is 204 Å². The second-order valence-electron chi connectivity index (χ2n) is 16.3. The number of unbranched alkanes of at least 4 members (excludes halogenated alkanes) is 5. The Kier molecular flexibility index (Phi) is 19.2. The van der Waals surface area contributed by atoms with Gasteiger partial charge >= 0.3 is 11.9 Å². The minimum atomic E-state index is -1.62. The van der Waals surface area contributed by atoms with Gasteiger partial charge in [0.05, 0.1) is 37.4 Å². The van der Waals surface area contributed by atoms with Crippen LogP contribution in [0.1, 0.15) is 124 Å². The maximum Gasteiger partial charge on any atom is 0.332 e. The zero-order valence-electron chi connectivity index (χ0n) is 33.6. The largest absolute Gasteiger partial charge is 0.479 e. The summed E-state index contributed by atoms with van der Waals surface area (Å²) in [5, 5.41) is 66.5. The Labute approximate surface area is 330 Å². The fraction of sp³-hybridized carbons (Fsp3) is 0.925. The van der Waals surface area contributed by atoms with E-state index in [2.05, 4.69) is 12.2 Å². The predicted octanol–water partition coefficient (Wildman–Crippen LogP) is 2.32. The van der Waals surface area contributed by atoms with E-state index >= 15 is 0 Å². The van der Waals surface area contributed by atoms with Crippen molar-refractivity contribution >= 4 is 17.8 Å². The third-order valence-corrected chi connectivity index (χ3v) is 12.0. The minimum Gasteiger partial charge on any atom is -0.479 e. The zero-order chi connectivity index (χ0) is 40.9. The summed E-state index contributed by atoms with van der Waals surface area (Å²) < 4.78 is 36.8. The Balaban J connectivity index is 1.62. The average Bonchev–Trinajstić information content (AvgIpc) is 3.17. The van der Waals surface area contributed by atoms with Gasteiger partial charge in [0.2, 0.25) is 5.91 Å². The molecule has 4 fully saturated rings. The number of aliphatic hydroxyl groups excluding tert-OH is 5. The number of carboxylic acids is 1. The molecular formula is C40H69NO15. The van der Waals surface area contributed by atoms with Gasteiger partial charge in [-0.2, -0.15) is 0 Å². The number of carbonyl (C=O) groups excluding carboxylic acids is 2. The van der Waals surface area contributed by atoms with E-state index in [0.29, 0.717) is 12.8 Å². The lowest BCUT2D eigenvalue weighted by atomic mass is 9.76. The van der Waals surface area contributed by atoms with E-state index in [-0.39, 0.29) is 31.3 Å². The van der Waals surface area contributed by atoms with Crippen molar-refractivity contribution in [3.63, 3.8) is 0 Å². The Morgan fingerprint density at radius 3 is 2.16 bits per heavy atom. The number of carbonyl (C=O) groups is 3. The van der Waals surface area contributed by atoms with Crippen molar-refractivity contribution in [1.29, 1.82) is 0 Å². The minimum absolute atomic E-state index is 0.0456. The molecule has 2 saturated heterocycles. The number of rotatable bonds is 20. The van der Waals surface area contributed by atoms with Gasteiger partial charge in [-0.3, -0.25) is 9.59 Å². The van der Waals surface area contributed by atoms with E-state index in [0.717, 1.165) is 70.6 Å². The van der Waals surface area contributed by atoms with Crippen molar-refractivity contribution in [2.75, 3.05) is 13.2 Å². The van der Waals surface area contributed by atoms with Crippen LogP contribution in [0.5, 0.6) is 0 Å². The molecular weight excluding hydrogens is 734 g/mol. The van der Waals surface area contributed by atoms with Gasteiger partial charge < -0.3 is 64.4 Å². The quantitative estimate of drug-likeness (QED) is 0.0691. The molecule has 2 aliphatic heterocycles. The highest BCUT2D eigenvalue weighted by Gasteiger charge is 2.53. The molecule has 0 aromatic carbocycles. The molecule has 0 aromatic rings. The number of amides is 1. The van der Waals surface area contributed by atoms with E-state index in [1.54, 1.807) is 0 Å². The molecule has 0 spiro atoms. The fourth-order valence-corrected chi connectivity index (χ4v) is 8.73. The SMILES string of the molecule is CCCCCCCCOC(=O)C1CC(CC)[C@@H](OC2OC(C)C(O)C(O)C2O)[C@H](O[C@@H]2O[C@H](CO)[C@H](O)[C@H](O[C@@H](CC3CCCCC3)C(=O)O)[C@H]2NC(C)=O)C1. The maximum absolute atomic E-state index is 13.6. The van der Waals surface area contributed by atoms with Crippen molar-refractivity contribution in [2.24, 2.45) is 17.8 Å². The van der Waals surface area contributed by atoms with Crippen LogP contribution in [0.25, 0.3) is 0 Å². The molecule has 4 aliphatic rings. The predicted molar refractivity (Wildman–Crippen MR) is 200 cm³/mol. The number of nitrogens with one attached hydrogen (secondary N) is 1. The first kappa shape index (κ1) is 46.7. The second kappa shape index (κ2) is 23.0. The molecule has 16 heteroatoms. The van der Waals surface area contributed by atoms with Gasteiger partial charge in [-0.15, -0.1) is 0 Å². The van der Waals surface area contributed by atoms with Crippen LogP contribution in [0.3, 0.4) is 0 Å². The number of aliphatic carboxylic acids is 1. The van der Waals surface area contributed by atoms with Gasteiger partial charge in [-0.05, 0) is 44.4 Å². The van der Waals surface area contributed by atoms with Gasteiger partial charge in [0.15, 0.2) is 18.7 Å². The number of carboxylic acid groups (broad SMARTS) is 1. The molecule has 4 rings (SSSR count). The third kappa shape index (κ3) is 12.8. The zero-order valence-corrected chi connectivity index (χ0v) is 33.6. The summed E-state index contributed by atoms with van der Waals surface area (Å²) in [5.41, 5.74) is 0. The van der Waals surface area contributed by atoms with Crippen molar-refractivity contribution < 1.29 is 73.4 Å². The lowest BCUT2D eigenvalue weighted by Crippen LogP contribution is -2.67. The number of aliphatic hydroxyl groups is 5. The van der Waals surface area contributed by atoms with Crippen molar-refractivity contribution in [3.05, 3.63) is 0 Å². The summed E-state index contributed by atoms with van der Waals surface area (Å²) in [6, 6.07) is -1.27. The Bertz CT molecular complexity index is 1200. The molecule has 0 bridgehead atoms. The smallest absolute Gasteiger partial charge is 0.332 e. The first-order chi connectivity index (χ1) is 26.8. The van der Waals surface area contributed by atoms with E-state index in [4.69, 9.17) is 28.4 Å². The summed E-state index contributed by atoms with van der Waals surface area (Å²) in [6.07, 6.45) is -3.82. The molecule has 7 N–H and O–H groups in total. The highest BCUT2D eigenvalue weighted by molar-refractivity contribution is 5.74. The Hall–Kier alpha value is -1.99. The van der Waals surface area contributed by atoms with E-state index in [1.807, 2.05) is 6.92 Å². The van der Waals surface area contributed by atoms with E-state index in [9.17, 15) is 45.0 Å². The number of hydrogen-bond acceptors (Lipinski definition) is 14. The monoisotopic (exact) mass is 803 g/mol. The maximum atomic E-state index is 13.6. The highest BCUT2D eigenvalue weighted by Crippen LogP contribution is 2.40. The van der Waals surface area contributed by atoms with E-state index < -0.39 is 110 Å². The van der Waals surface area contributed by atoms with E-state index in [1.165, 1.54) is 13.8 Å². The summed E-state index contributed by atoms with van der Waals surface area (Å²) in [4.78, 5) is 38.8. The summed E-state index contributed by atoms with van der Waals surface area (Å²) in [6.45, 7) is 6.40. The van der Waals surface area contributed by atoms with Crippen LogP contribution in [0.4, 0.5) is 0 Å². The van der Waals surface area contributed by atoms with Crippen LogP contribution in [0, 0.1) is 17.8 Å². The van der Waals surface area contributed by atoms with Crippen LogP contribution in [0.15, 0.2) is 0 Å². The molecule has 15 atom stereocenters. The lowest BCUT2D eigenvalue weighted by molar-refractivity contribution is -0.338. The molecule has 1 amide bonds. The van der Waals surface area contributed by atoms with Crippen LogP contribution in [0.2, 0.25) is 0 Å². The normalized spacial score (nSPS) is 37.4. The Morgan fingerprint density at radius 1 is 0.821 bits per heavy atom. The van der Waals surface area contributed by atoms with Crippen molar-refractivity contribution in [3.8, 4) is 0 Å². The molecule has 0 aromatic heterocycles. The number of ether oxygens (including phenoxy) is 6. The van der Waals surface area contributed by atoms with Gasteiger partial charge in [-0.25, -0.2) is 4.79 Å². The van der Waals surface area contributed by atoms with Crippen molar-refractivity contribution in [1.82, 2.24) is 5.32 Å². The highest BCUT2D eigenvalue weighted by atomic mass is 16.7. The second-order valence-corrected chi connectivity index (χ2v) is 16.3. The molecule has 0 radical (unpaired) electrons. The van der Waals surface area contributed by atoms with Gasteiger partial charge in [0.1, 0.15) is 42.7 Å². The summed E-state index contributed by atoms with van der Waals surface area (Å²) in [7, 11) is 0. The van der Waals surface area contributed by atoms with Crippen LogP contribution in [-0.2, 0) is 42.8 Å². The van der Waals surface area contributed by atoms with Gasteiger partial charge in [0.25, 0.3) is 0 Å². The molecule has 324 valence electrons. The number of hydrogen-bond donors (Lipinski definition) is 7.